The first-order valence-corrected chi connectivity index (χ1v) is 15.3. The Balaban J connectivity index is 1.33. The standard InChI is InChI=1S/C33H31BrN8O3/c1-21-10-14-29(42-20-36-39-40-42)23(17-21)11-15-30(43)41-16-6-9-25(22-7-4-3-5-8-22)31(41)32-35-19-28(38-32)26-13-12-24(18-27(26)34)37-33(44)45-2/h3-5,7-8,10-15,17-20,25,31H,6,9,16H2,1-2H3,(H,35,38)(H,37,44)/b15-11+. The minimum absolute atomic E-state index is 0.0436. The number of halogens is 1. The maximum Gasteiger partial charge on any atom is 0.411 e. The quantitative estimate of drug-likeness (QED) is 0.191. The van der Waals surface area contributed by atoms with Gasteiger partial charge in [-0.25, -0.2) is 9.78 Å². The van der Waals surface area contributed by atoms with E-state index in [0.717, 1.165) is 45.3 Å². The summed E-state index contributed by atoms with van der Waals surface area (Å²) in [7, 11) is 1.32. The van der Waals surface area contributed by atoms with Crippen molar-refractivity contribution < 1.29 is 14.3 Å². The number of imidazole rings is 1. The Morgan fingerprint density at radius 1 is 1.11 bits per heavy atom. The predicted octanol–water partition coefficient (Wildman–Crippen LogP) is 6.46. The number of nitrogens with zero attached hydrogens (tertiary/aromatic N) is 6. The van der Waals surface area contributed by atoms with Crippen LogP contribution in [0.25, 0.3) is 23.0 Å². The number of methoxy groups -OCH3 is 1. The fraction of sp³-hybridized carbons (Fsp3) is 0.212. The third-order valence-corrected chi connectivity index (χ3v) is 8.54. The molecule has 5 aromatic rings. The van der Waals surface area contributed by atoms with Gasteiger partial charge in [0.05, 0.1) is 24.5 Å². The number of aryl methyl sites for hydroxylation is 1. The topological polar surface area (TPSA) is 131 Å². The molecular weight excluding hydrogens is 636 g/mol. The Bertz CT molecular complexity index is 1840. The Labute approximate surface area is 268 Å². The van der Waals surface area contributed by atoms with E-state index in [4.69, 9.17) is 9.72 Å². The summed E-state index contributed by atoms with van der Waals surface area (Å²) in [5.74, 6) is 0.637. The summed E-state index contributed by atoms with van der Waals surface area (Å²) in [6.45, 7) is 2.60. The monoisotopic (exact) mass is 666 g/mol. The van der Waals surface area contributed by atoms with Gasteiger partial charge in [0.15, 0.2) is 0 Å². The largest absolute Gasteiger partial charge is 0.453 e. The van der Waals surface area contributed by atoms with Crippen LogP contribution in [0.1, 0.15) is 47.3 Å². The average Bonchev–Trinajstić information content (AvgIpc) is 3.77. The summed E-state index contributed by atoms with van der Waals surface area (Å²) in [5.41, 5.74) is 5.97. The van der Waals surface area contributed by atoms with Crippen molar-refractivity contribution in [3.05, 3.63) is 112 Å². The Hall–Kier alpha value is -5.10. The summed E-state index contributed by atoms with van der Waals surface area (Å²) in [5, 5.41) is 14.2. The van der Waals surface area contributed by atoms with Gasteiger partial charge in [0, 0.05) is 46.0 Å². The zero-order valence-electron chi connectivity index (χ0n) is 24.7. The van der Waals surface area contributed by atoms with E-state index in [1.807, 2.05) is 66.6 Å². The van der Waals surface area contributed by atoms with Gasteiger partial charge in [-0.1, -0.05) is 57.9 Å². The molecule has 11 nitrogen and oxygen atoms in total. The number of benzene rings is 3. The molecule has 3 aromatic carbocycles. The van der Waals surface area contributed by atoms with Crippen molar-refractivity contribution in [3.8, 4) is 16.9 Å². The molecule has 2 amide bonds. The molecule has 0 radical (unpaired) electrons. The van der Waals surface area contributed by atoms with E-state index in [2.05, 4.69) is 53.9 Å². The fourth-order valence-corrected chi connectivity index (χ4v) is 6.35. The third-order valence-electron chi connectivity index (χ3n) is 7.88. The van der Waals surface area contributed by atoms with Crippen LogP contribution in [0.15, 0.2) is 89.8 Å². The second-order valence-corrected chi connectivity index (χ2v) is 11.6. The van der Waals surface area contributed by atoms with Crippen molar-refractivity contribution in [2.24, 2.45) is 0 Å². The molecular formula is C33H31BrN8O3. The first-order valence-electron chi connectivity index (χ1n) is 14.5. The van der Waals surface area contributed by atoms with Gasteiger partial charge in [-0.05, 0) is 72.2 Å². The Morgan fingerprint density at radius 2 is 1.96 bits per heavy atom. The molecule has 0 aliphatic carbocycles. The van der Waals surface area contributed by atoms with Crippen molar-refractivity contribution in [1.82, 2.24) is 35.1 Å². The predicted molar refractivity (Wildman–Crippen MR) is 174 cm³/mol. The highest BCUT2D eigenvalue weighted by Gasteiger charge is 2.37. The van der Waals surface area contributed by atoms with E-state index in [1.165, 1.54) is 13.4 Å². The number of carbonyl (C=O) groups excluding carboxylic acids is 2. The zero-order chi connectivity index (χ0) is 31.3. The van der Waals surface area contributed by atoms with E-state index >= 15 is 0 Å². The molecule has 1 saturated heterocycles. The van der Waals surface area contributed by atoms with Crippen LogP contribution in [0.2, 0.25) is 0 Å². The lowest BCUT2D eigenvalue weighted by Gasteiger charge is -2.40. The summed E-state index contributed by atoms with van der Waals surface area (Å²) >= 11 is 3.62. The van der Waals surface area contributed by atoms with Crippen LogP contribution >= 0.6 is 15.9 Å². The highest BCUT2D eigenvalue weighted by atomic mass is 79.9. The van der Waals surface area contributed by atoms with Gasteiger partial charge >= 0.3 is 6.09 Å². The number of rotatable bonds is 7. The van der Waals surface area contributed by atoms with Crippen molar-refractivity contribution >= 4 is 39.7 Å². The molecule has 6 rings (SSSR count). The molecule has 2 unspecified atom stereocenters. The summed E-state index contributed by atoms with van der Waals surface area (Å²) in [6.07, 6.45) is 8.06. The van der Waals surface area contributed by atoms with E-state index in [-0.39, 0.29) is 17.9 Å². The Kier molecular flexibility index (Phi) is 8.83. The normalized spacial score (nSPS) is 16.6. The molecule has 228 valence electrons. The third kappa shape index (κ3) is 6.55. The number of aromatic nitrogens is 6. The van der Waals surface area contributed by atoms with E-state index in [0.29, 0.717) is 23.8 Å². The number of likely N-dealkylation sites (tertiary alicyclic amines) is 1. The van der Waals surface area contributed by atoms with Crippen LogP contribution in [-0.4, -0.2) is 60.7 Å². The molecule has 12 heteroatoms. The molecule has 45 heavy (non-hydrogen) atoms. The number of amides is 2. The fourth-order valence-electron chi connectivity index (χ4n) is 5.77. The first kappa shape index (κ1) is 29.9. The van der Waals surface area contributed by atoms with Gasteiger partial charge in [-0.3, -0.25) is 10.1 Å². The van der Waals surface area contributed by atoms with Crippen LogP contribution in [0.4, 0.5) is 10.5 Å². The number of anilines is 1. The molecule has 0 saturated carbocycles. The van der Waals surface area contributed by atoms with Gasteiger partial charge < -0.3 is 14.6 Å². The average molecular weight is 668 g/mol. The smallest absolute Gasteiger partial charge is 0.411 e. The summed E-state index contributed by atoms with van der Waals surface area (Å²) < 4.78 is 7.03. The lowest BCUT2D eigenvalue weighted by Crippen LogP contribution is -2.41. The van der Waals surface area contributed by atoms with Crippen LogP contribution < -0.4 is 5.32 Å². The molecule has 3 heterocycles. The number of aromatic amines is 1. The molecule has 2 N–H and O–H groups in total. The maximum absolute atomic E-state index is 14.0. The van der Waals surface area contributed by atoms with Gasteiger partial charge in [-0.15, -0.1) is 5.10 Å². The number of hydrogen-bond donors (Lipinski definition) is 2. The van der Waals surface area contributed by atoms with Crippen molar-refractivity contribution in [3.63, 3.8) is 0 Å². The van der Waals surface area contributed by atoms with Gasteiger partial charge in [-0.2, -0.15) is 4.68 Å². The molecule has 0 spiro atoms. The molecule has 0 bridgehead atoms. The number of ether oxygens (including phenoxy) is 1. The zero-order valence-corrected chi connectivity index (χ0v) is 26.3. The van der Waals surface area contributed by atoms with Crippen LogP contribution in [-0.2, 0) is 9.53 Å². The molecule has 1 aliphatic rings. The van der Waals surface area contributed by atoms with E-state index < -0.39 is 6.09 Å². The number of nitrogens with one attached hydrogen (secondary N) is 2. The maximum atomic E-state index is 14.0. The van der Waals surface area contributed by atoms with E-state index in [1.54, 1.807) is 22.9 Å². The SMILES string of the molecule is COC(=O)Nc1ccc(-c2c[nH]c(C3C(c4ccccc4)CCCN3C(=O)/C=C/c3cc(C)ccc3-n3cnnn3)n2)c(Br)c1. The minimum atomic E-state index is -0.547. The van der Waals surface area contributed by atoms with Crippen molar-refractivity contribution in [2.45, 2.75) is 31.7 Å². The van der Waals surface area contributed by atoms with Crippen molar-refractivity contribution in [2.75, 3.05) is 19.0 Å². The number of hydrogen-bond acceptors (Lipinski definition) is 7. The van der Waals surface area contributed by atoms with Gasteiger partial charge in [0.2, 0.25) is 5.91 Å². The molecule has 2 atom stereocenters. The van der Waals surface area contributed by atoms with Crippen LogP contribution in [0, 0.1) is 6.92 Å². The summed E-state index contributed by atoms with van der Waals surface area (Å²) in [4.78, 5) is 36.0. The summed E-state index contributed by atoms with van der Waals surface area (Å²) in [6, 6.07) is 21.3. The minimum Gasteiger partial charge on any atom is -0.453 e. The number of piperidine rings is 1. The second-order valence-electron chi connectivity index (χ2n) is 10.8. The molecule has 2 aromatic heterocycles. The Morgan fingerprint density at radius 3 is 2.71 bits per heavy atom. The van der Waals surface area contributed by atoms with Crippen molar-refractivity contribution in [1.29, 1.82) is 0 Å². The van der Waals surface area contributed by atoms with Crippen LogP contribution in [0.5, 0.6) is 0 Å². The number of tetrazole rings is 1. The van der Waals surface area contributed by atoms with Crippen LogP contribution in [0.3, 0.4) is 0 Å². The van der Waals surface area contributed by atoms with Gasteiger partial charge in [0.25, 0.3) is 0 Å². The lowest BCUT2D eigenvalue weighted by atomic mass is 9.83. The molecule has 1 aliphatic heterocycles. The highest BCUT2D eigenvalue weighted by molar-refractivity contribution is 9.10. The second kappa shape index (κ2) is 13.3. The van der Waals surface area contributed by atoms with Gasteiger partial charge in [0.1, 0.15) is 12.2 Å². The first-order chi connectivity index (χ1) is 21.9. The van der Waals surface area contributed by atoms with E-state index in [9.17, 15) is 9.59 Å². The molecule has 1 fully saturated rings. The number of carbonyl (C=O) groups is 2. The number of H-pyrrole nitrogens is 1. The lowest BCUT2D eigenvalue weighted by molar-refractivity contribution is -0.130. The highest BCUT2D eigenvalue weighted by Crippen LogP contribution is 2.42.